The van der Waals surface area contributed by atoms with Gasteiger partial charge in [0.05, 0.1) is 0 Å². The first kappa shape index (κ1) is 32.2. The van der Waals surface area contributed by atoms with Gasteiger partial charge in [-0.15, -0.1) is 0 Å². The molecule has 0 unspecified atom stereocenters. The van der Waals surface area contributed by atoms with Crippen molar-refractivity contribution < 1.29 is 0 Å². The van der Waals surface area contributed by atoms with Crippen molar-refractivity contribution in [3.63, 3.8) is 0 Å². The SMILES string of the molecule is Cc1ccc2c(-c3ccc4c(c3)C(C)(C)c3cc(-c5cccc6ccccc56)ccc3-4)c3ccccc3c(-c3ccc4c(c3)-c3ccccc3C4(C)C)c2c1. The van der Waals surface area contributed by atoms with E-state index in [0.29, 0.717) is 0 Å². The van der Waals surface area contributed by atoms with Crippen molar-refractivity contribution in [2.45, 2.75) is 45.4 Å². The summed E-state index contributed by atoms with van der Waals surface area (Å²) in [5, 5.41) is 7.77. The van der Waals surface area contributed by atoms with Gasteiger partial charge in [-0.05, 0) is 135 Å². The van der Waals surface area contributed by atoms with Gasteiger partial charge in [0.1, 0.15) is 0 Å². The van der Waals surface area contributed by atoms with Gasteiger partial charge in [0.2, 0.25) is 0 Å². The summed E-state index contributed by atoms with van der Waals surface area (Å²) in [4.78, 5) is 0. The van der Waals surface area contributed by atoms with E-state index in [2.05, 4.69) is 198 Å². The van der Waals surface area contributed by atoms with Gasteiger partial charge in [0, 0.05) is 10.8 Å². The fourth-order valence-electron chi connectivity index (χ4n) is 10.3. The molecule has 0 spiro atoms. The smallest absolute Gasteiger partial charge is 0.0159 e. The summed E-state index contributed by atoms with van der Waals surface area (Å²) < 4.78 is 0. The number of hydrogen-bond acceptors (Lipinski definition) is 0. The van der Waals surface area contributed by atoms with Crippen molar-refractivity contribution >= 4 is 32.3 Å². The second-order valence-electron chi connectivity index (χ2n) is 16.9. The maximum atomic E-state index is 2.50. The molecule has 2 aliphatic rings. The van der Waals surface area contributed by atoms with Crippen LogP contribution in [-0.4, -0.2) is 0 Å². The van der Waals surface area contributed by atoms with Crippen LogP contribution in [0.3, 0.4) is 0 Å². The molecule has 0 nitrogen and oxygen atoms in total. The van der Waals surface area contributed by atoms with Crippen LogP contribution in [0.25, 0.3) is 88.0 Å². The maximum absolute atomic E-state index is 2.50. The van der Waals surface area contributed by atoms with Crippen molar-refractivity contribution in [2.24, 2.45) is 0 Å². The van der Waals surface area contributed by atoms with E-state index in [1.807, 2.05) is 0 Å². The van der Waals surface area contributed by atoms with Crippen LogP contribution in [0.1, 0.15) is 55.5 Å². The van der Waals surface area contributed by atoms with E-state index in [1.165, 1.54) is 116 Å². The highest BCUT2D eigenvalue weighted by Gasteiger charge is 2.37. The molecule has 0 saturated carbocycles. The zero-order valence-corrected chi connectivity index (χ0v) is 32.1. The predicted molar refractivity (Wildman–Crippen MR) is 235 cm³/mol. The van der Waals surface area contributed by atoms with E-state index in [-0.39, 0.29) is 10.8 Å². The molecular formula is C55H42. The van der Waals surface area contributed by atoms with Crippen LogP contribution in [0, 0.1) is 6.92 Å². The summed E-state index contributed by atoms with van der Waals surface area (Å²) in [7, 11) is 0. The van der Waals surface area contributed by atoms with Gasteiger partial charge in [0.15, 0.2) is 0 Å². The van der Waals surface area contributed by atoms with E-state index < -0.39 is 0 Å². The Bertz CT molecular complexity index is 3090. The first-order chi connectivity index (χ1) is 26.7. The molecule has 0 fully saturated rings. The molecule has 0 N–H and O–H groups in total. The zero-order valence-electron chi connectivity index (χ0n) is 32.1. The number of benzene rings is 9. The molecule has 0 heterocycles. The Morgan fingerprint density at radius 3 is 1.60 bits per heavy atom. The molecular weight excluding hydrogens is 661 g/mol. The highest BCUT2D eigenvalue weighted by Crippen LogP contribution is 2.54. The quantitative estimate of drug-likeness (QED) is 0.161. The maximum Gasteiger partial charge on any atom is 0.0159 e. The van der Waals surface area contributed by atoms with Gasteiger partial charge >= 0.3 is 0 Å². The molecule has 9 aromatic rings. The molecule has 55 heavy (non-hydrogen) atoms. The summed E-state index contributed by atoms with van der Waals surface area (Å²) in [5.41, 5.74) is 19.9. The van der Waals surface area contributed by atoms with E-state index >= 15 is 0 Å². The zero-order chi connectivity index (χ0) is 37.2. The normalized spacial score (nSPS) is 14.6. The van der Waals surface area contributed by atoms with E-state index in [1.54, 1.807) is 0 Å². The number of hydrogen-bond donors (Lipinski definition) is 0. The first-order valence-corrected chi connectivity index (χ1v) is 19.7. The fourth-order valence-corrected chi connectivity index (χ4v) is 10.3. The topological polar surface area (TPSA) is 0 Å². The highest BCUT2D eigenvalue weighted by molar-refractivity contribution is 6.22. The lowest BCUT2D eigenvalue weighted by Gasteiger charge is -2.24. The third-order valence-electron chi connectivity index (χ3n) is 13.1. The second-order valence-corrected chi connectivity index (χ2v) is 16.9. The van der Waals surface area contributed by atoms with Crippen molar-refractivity contribution in [3.8, 4) is 55.6 Å². The highest BCUT2D eigenvalue weighted by atomic mass is 14.4. The van der Waals surface area contributed by atoms with Crippen molar-refractivity contribution in [2.75, 3.05) is 0 Å². The second kappa shape index (κ2) is 11.4. The van der Waals surface area contributed by atoms with E-state index in [9.17, 15) is 0 Å². The fraction of sp³-hybridized carbons (Fsp3) is 0.127. The Balaban J connectivity index is 1.10. The summed E-state index contributed by atoms with van der Waals surface area (Å²) >= 11 is 0. The molecule has 0 amide bonds. The summed E-state index contributed by atoms with van der Waals surface area (Å²) in [6.07, 6.45) is 0. The average Bonchev–Trinajstić information content (AvgIpc) is 3.58. The molecule has 0 bridgehead atoms. The Morgan fingerprint density at radius 1 is 0.309 bits per heavy atom. The van der Waals surface area contributed by atoms with Crippen LogP contribution in [-0.2, 0) is 10.8 Å². The van der Waals surface area contributed by atoms with Crippen LogP contribution in [0.15, 0.2) is 164 Å². The first-order valence-electron chi connectivity index (χ1n) is 19.7. The van der Waals surface area contributed by atoms with E-state index in [4.69, 9.17) is 0 Å². The van der Waals surface area contributed by atoms with Gasteiger partial charge in [-0.1, -0.05) is 179 Å². The van der Waals surface area contributed by atoms with Crippen LogP contribution < -0.4 is 0 Å². The third kappa shape index (κ3) is 4.52. The van der Waals surface area contributed by atoms with Gasteiger partial charge in [0.25, 0.3) is 0 Å². The van der Waals surface area contributed by atoms with Gasteiger partial charge in [-0.2, -0.15) is 0 Å². The van der Waals surface area contributed by atoms with E-state index in [0.717, 1.165) is 0 Å². The van der Waals surface area contributed by atoms with Crippen LogP contribution in [0.5, 0.6) is 0 Å². The lowest BCUT2D eigenvalue weighted by molar-refractivity contribution is 0.660. The molecule has 0 radical (unpaired) electrons. The molecule has 11 rings (SSSR count). The Hall–Kier alpha value is -6.24. The molecule has 0 heteroatoms. The Morgan fingerprint density at radius 2 is 0.818 bits per heavy atom. The van der Waals surface area contributed by atoms with Crippen molar-refractivity contribution in [3.05, 3.63) is 192 Å². The third-order valence-corrected chi connectivity index (χ3v) is 13.1. The molecule has 0 aliphatic heterocycles. The van der Waals surface area contributed by atoms with Crippen molar-refractivity contribution in [1.82, 2.24) is 0 Å². The minimum Gasteiger partial charge on any atom is -0.0619 e. The predicted octanol–water partition coefficient (Wildman–Crippen LogP) is 15.1. The lowest BCUT2D eigenvalue weighted by Crippen LogP contribution is -2.15. The monoisotopic (exact) mass is 702 g/mol. The largest absolute Gasteiger partial charge is 0.0619 e. The average molecular weight is 703 g/mol. The minimum absolute atomic E-state index is 0.0203. The molecule has 9 aromatic carbocycles. The number of aryl methyl sites for hydroxylation is 1. The van der Waals surface area contributed by atoms with Gasteiger partial charge in [-0.25, -0.2) is 0 Å². The van der Waals surface area contributed by atoms with Crippen LogP contribution >= 0.6 is 0 Å². The van der Waals surface area contributed by atoms with Crippen molar-refractivity contribution in [1.29, 1.82) is 0 Å². The van der Waals surface area contributed by atoms with Gasteiger partial charge < -0.3 is 0 Å². The lowest BCUT2D eigenvalue weighted by atomic mass is 9.79. The molecule has 0 saturated heterocycles. The standard InChI is InChI=1S/C55H42/c1-33-21-25-45-47(29-33)53(36-24-28-49-46(30-36)40-16-10-11-20-48(40)54(49,2)3)44-18-9-8-17-43(44)52(45)37-23-27-42-41-26-22-35(31-50(41)55(4,5)51(42)32-37)39-19-12-14-34-13-6-7-15-38(34)39/h6-32H,1-5H3. The Kier molecular flexibility index (Phi) is 6.67. The number of fused-ring (bicyclic) bond motifs is 9. The summed E-state index contributed by atoms with van der Waals surface area (Å²) in [5.74, 6) is 0. The molecule has 0 atom stereocenters. The Labute approximate surface area is 323 Å². The van der Waals surface area contributed by atoms with Crippen LogP contribution in [0.4, 0.5) is 0 Å². The summed E-state index contributed by atoms with van der Waals surface area (Å²) in [6.45, 7) is 11.8. The van der Waals surface area contributed by atoms with Crippen LogP contribution in [0.2, 0.25) is 0 Å². The molecule has 262 valence electrons. The molecule has 2 aliphatic carbocycles. The minimum atomic E-state index is -0.155. The summed E-state index contributed by atoms with van der Waals surface area (Å²) in [6, 6.07) is 62.1. The van der Waals surface area contributed by atoms with Gasteiger partial charge in [-0.3, -0.25) is 0 Å². The number of rotatable bonds is 3. The molecule has 0 aromatic heterocycles.